The molecule has 0 aliphatic carbocycles. The summed E-state index contributed by atoms with van der Waals surface area (Å²) in [5.74, 6) is 3.32. The third-order valence-electron chi connectivity index (χ3n) is 5.80. The molecule has 4 aromatic carbocycles. The molecule has 4 aromatic rings. The predicted molar refractivity (Wildman–Crippen MR) is 135 cm³/mol. The van der Waals surface area contributed by atoms with Gasteiger partial charge >= 0.3 is 0 Å². The van der Waals surface area contributed by atoms with Gasteiger partial charge in [0.25, 0.3) is 0 Å². The van der Waals surface area contributed by atoms with Gasteiger partial charge in [0.15, 0.2) is 23.0 Å². The lowest BCUT2D eigenvalue weighted by Crippen LogP contribution is -1.96. The summed E-state index contributed by atoms with van der Waals surface area (Å²) in [6.07, 6.45) is 0. The maximum atomic E-state index is 6.83. The van der Waals surface area contributed by atoms with E-state index in [1.807, 2.05) is 109 Å². The van der Waals surface area contributed by atoms with E-state index in [-0.39, 0.29) is 13.6 Å². The Morgan fingerprint density at radius 1 is 0.429 bits per heavy atom. The van der Waals surface area contributed by atoms with E-state index >= 15 is 0 Å². The van der Waals surface area contributed by atoms with Crippen LogP contribution in [0.25, 0.3) is 21.5 Å². The monoisotopic (exact) mass is 462 g/mol. The van der Waals surface area contributed by atoms with Crippen molar-refractivity contribution in [3.63, 3.8) is 0 Å². The molecule has 0 unspecified atom stereocenters. The summed E-state index contributed by atoms with van der Waals surface area (Å²) < 4.78 is 30.3. The Bertz CT molecular complexity index is 1430. The summed E-state index contributed by atoms with van der Waals surface area (Å²) in [4.78, 5) is 0. The average Bonchev–Trinajstić information content (AvgIpc) is 3.55. The zero-order valence-electron chi connectivity index (χ0n) is 18.8. The van der Waals surface area contributed by atoms with E-state index in [1.165, 1.54) is 0 Å². The van der Waals surface area contributed by atoms with Crippen LogP contribution in [-0.2, 0) is 0 Å². The van der Waals surface area contributed by atoms with Crippen molar-refractivity contribution < 1.29 is 23.7 Å². The number of hydrogen-bond donors (Lipinski definition) is 0. The molecule has 5 heteroatoms. The largest absolute Gasteiger partial charge is 0.453 e. The molecule has 5 nitrogen and oxygen atoms in total. The minimum Gasteiger partial charge on any atom is -0.453 e. The Morgan fingerprint density at radius 3 is 1.31 bits per heavy atom. The van der Waals surface area contributed by atoms with Crippen molar-refractivity contribution in [2.75, 3.05) is 13.6 Å². The van der Waals surface area contributed by atoms with Gasteiger partial charge in [0.05, 0.1) is 0 Å². The zero-order valence-corrected chi connectivity index (χ0v) is 18.8. The van der Waals surface area contributed by atoms with Crippen molar-refractivity contribution in [3.8, 4) is 34.5 Å². The molecule has 0 saturated carbocycles. The summed E-state index contributed by atoms with van der Waals surface area (Å²) in [7, 11) is 0. The molecule has 0 aromatic heterocycles. The second-order valence-electron chi connectivity index (χ2n) is 7.96. The number of benzene rings is 2. The van der Waals surface area contributed by atoms with Crippen LogP contribution < -0.4 is 23.7 Å². The topological polar surface area (TPSA) is 46.2 Å². The molecule has 0 atom stereocenters. The third-order valence-corrected chi connectivity index (χ3v) is 5.80. The lowest BCUT2D eigenvalue weighted by atomic mass is 10.1. The molecule has 0 fully saturated rings. The first-order chi connectivity index (χ1) is 17.4. The van der Waals surface area contributed by atoms with E-state index < -0.39 is 0 Å². The number of ether oxygens (including phenoxy) is 5. The van der Waals surface area contributed by atoms with Gasteiger partial charge in [-0.3, -0.25) is 0 Å². The lowest BCUT2D eigenvalue weighted by molar-refractivity contribution is 0.169. The summed E-state index contributed by atoms with van der Waals surface area (Å²) in [6.45, 7) is 0.219. The Balaban J connectivity index is 1.74. The van der Waals surface area contributed by atoms with Crippen molar-refractivity contribution in [1.82, 2.24) is 0 Å². The smallest absolute Gasteiger partial charge is 0.231 e. The van der Waals surface area contributed by atoms with Gasteiger partial charge in [-0.15, -0.1) is 0 Å². The molecule has 172 valence electrons. The maximum Gasteiger partial charge on any atom is 0.231 e. The molecular formula is C30H22O5. The van der Waals surface area contributed by atoms with E-state index in [2.05, 4.69) is 0 Å². The highest BCUT2D eigenvalue weighted by Crippen LogP contribution is 2.49. The van der Waals surface area contributed by atoms with Crippen LogP contribution in [0.3, 0.4) is 0 Å². The molecule has 0 saturated heterocycles. The molecular weight excluding hydrogens is 440 g/mol. The second-order valence-corrected chi connectivity index (χ2v) is 7.96. The molecule has 2 heterocycles. The van der Waals surface area contributed by atoms with E-state index in [0.29, 0.717) is 34.5 Å². The van der Waals surface area contributed by atoms with Crippen molar-refractivity contribution in [3.05, 3.63) is 109 Å². The van der Waals surface area contributed by atoms with Gasteiger partial charge in [-0.05, 0) is 22.9 Å². The number of hydrogen-bond acceptors (Lipinski definition) is 5. The lowest BCUT2D eigenvalue weighted by Gasteiger charge is -2.13. The summed E-state index contributed by atoms with van der Waals surface area (Å²) in [6, 6.07) is 35.6. The van der Waals surface area contributed by atoms with Crippen LogP contribution in [0.15, 0.2) is 109 Å². The Labute approximate surface area is 202 Å². The Hall–Kier alpha value is -4.64. The van der Waals surface area contributed by atoms with Crippen LogP contribution in [0.5, 0.6) is 34.5 Å². The average molecular weight is 463 g/mol. The van der Waals surface area contributed by atoms with E-state index in [1.54, 1.807) is 0 Å². The van der Waals surface area contributed by atoms with Gasteiger partial charge in [-0.25, -0.2) is 0 Å². The summed E-state index contributed by atoms with van der Waals surface area (Å²) in [5, 5.41) is 3.70. The standard InChI is InChI=1S/C30H22O5/c1-3-11-21-13-7-9-15-23(21)27(29-25(17-5-1)31-19-33-29)35-28-24-16-10-8-14-22(24)12-4-2-6-18-26-30(28)34-20-32-26/h1-18H,19-20H2. The Morgan fingerprint density at radius 2 is 0.829 bits per heavy atom. The second kappa shape index (κ2) is 9.31. The highest BCUT2D eigenvalue weighted by molar-refractivity contribution is 5.93. The molecule has 0 amide bonds. The van der Waals surface area contributed by atoms with Gasteiger partial charge in [-0.1, -0.05) is 97.1 Å². The highest BCUT2D eigenvalue weighted by Gasteiger charge is 2.24. The van der Waals surface area contributed by atoms with Crippen LogP contribution in [0.1, 0.15) is 0 Å². The molecule has 0 bridgehead atoms. The maximum absolute atomic E-state index is 6.83. The van der Waals surface area contributed by atoms with E-state index in [9.17, 15) is 0 Å². The normalized spacial score (nSPS) is 12.7. The SMILES string of the molecule is c1ccc2c(c(Oc3c4c(cccccc5ccccc35)OCO4)c3ccccc3cc1)OCO2. The third kappa shape index (κ3) is 4.08. The fourth-order valence-electron chi connectivity index (χ4n) is 4.16. The minimum atomic E-state index is 0.109. The van der Waals surface area contributed by atoms with Crippen LogP contribution in [0.2, 0.25) is 0 Å². The van der Waals surface area contributed by atoms with Crippen molar-refractivity contribution in [1.29, 1.82) is 0 Å². The van der Waals surface area contributed by atoms with Gasteiger partial charge in [-0.2, -0.15) is 0 Å². The first kappa shape index (κ1) is 20.9. The molecule has 6 rings (SSSR count). The van der Waals surface area contributed by atoms with Crippen LogP contribution >= 0.6 is 0 Å². The van der Waals surface area contributed by atoms with Gasteiger partial charge in [0, 0.05) is 10.8 Å². The number of fused-ring (bicyclic) bond motifs is 4. The molecule has 0 N–H and O–H groups in total. The first-order valence-electron chi connectivity index (χ1n) is 11.4. The molecule has 0 spiro atoms. The molecule has 35 heavy (non-hydrogen) atoms. The van der Waals surface area contributed by atoms with Gasteiger partial charge in [0.1, 0.15) is 0 Å². The molecule has 2 aliphatic heterocycles. The summed E-state index contributed by atoms with van der Waals surface area (Å²) >= 11 is 0. The number of rotatable bonds is 2. The van der Waals surface area contributed by atoms with Crippen LogP contribution in [0, 0.1) is 0 Å². The van der Waals surface area contributed by atoms with E-state index in [4.69, 9.17) is 23.7 Å². The quantitative estimate of drug-likeness (QED) is 0.309. The van der Waals surface area contributed by atoms with Crippen molar-refractivity contribution in [2.24, 2.45) is 0 Å². The zero-order chi connectivity index (χ0) is 23.5. The van der Waals surface area contributed by atoms with Crippen LogP contribution in [-0.4, -0.2) is 13.6 Å². The van der Waals surface area contributed by atoms with Crippen molar-refractivity contribution in [2.45, 2.75) is 0 Å². The highest BCUT2D eigenvalue weighted by atomic mass is 16.7. The van der Waals surface area contributed by atoms with Crippen molar-refractivity contribution >= 4 is 21.5 Å². The first-order valence-corrected chi connectivity index (χ1v) is 11.4. The van der Waals surface area contributed by atoms with Crippen LogP contribution in [0.4, 0.5) is 0 Å². The fraction of sp³-hybridized carbons (Fsp3) is 0.0667. The van der Waals surface area contributed by atoms with Gasteiger partial charge < -0.3 is 23.7 Å². The predicted octanol–water partition coefficient (Wildman–Crippen LogP) is 7.49. The fourth-order valence-corrected chi connectivity index (χ4v) is 4.16. The minimum absolute atomic E-state index is 0.109. The Kier molecular flexibility index (Phi) is 5.57. The summed E-state index contributed by atoms with van der Waals surface area (Å²) in [5.41, 5.74) is 0. The molecule has 0 radical (unpaired) electrons. The van der Waals surface area contributed by atoms with E-state index in [0.717, 1.165) is 21.5 Å². The van der Waals surface area contributed by atoms with Gasteiger partial charge in [0.2, 0.25) is 25.1 Å². The molecule has 2 aliphatic rings.